The Kier molecular flexibility index (Phi) is 166000. The van der Waals surface area contributed by atoms with E-state index in [1.165, 1.54) is 0 Å². The number of rotatable bonds is 0. The second-order valence-electron chi connectivity index (χ2n) is 0. The predicted octanol–water partition coefficient (Wildman–Crippen LogP) is -8.61. The minimum absolute atomic E-state index is 0. The molecule has 0 aromatic carbocycles. The molecule has 0 aliphatic heterocycles. The Morgan fingerprint density at radius 1 is 0.600 bits per heavy atom. The van der Waals surface area contributed by atoms with E-state index in [2.05, 4.69) is 0 Å². The van der Waals surface area contributed by atoms with E-state index in [1.54, 1.807) is 0 Å². The third-order valence-electron chi connectivity index (χ3n) is 0. The van der Waals surface area contributed by atoms with Gasteiger partial charge in [0.25, 0.3) is 0 Å². The average Bonchev–Trinajstić information content (AvgIpc) is 0. The Hall–Kier alpha value is 0.269. The van der Waals surface area contributed by atoms with E-state index in [9.17, 15) is 0 Å². The SMILES string of the molecule is [Cu+2].[F-].[F-].[F-].[NH4+]. The molecule has 0 aliphatic rings. The number of halogens is 3. The Morgan fingerprint density at radius 2 is 0.600 bits per heavy atom. The van der Waals surface area contributed by atoms with Gasteiger partial charge in [-0.1, -0.05) is 0 Å². The van der Waals surface area contributed by atoms with E-state index in [0.717, 1.165) is 0 Å². The summed E-state index contributed by atoms with van der Waals surface area (Å²) in [4.78, 5) is 0. The molecule has 1 radical (unpaired) electrons. The third kappa shape index (κ3) is 303. The average molecular weight is 139 g/mol. The van der Waals surface area contributed by atoms with Crippen molar-refractivity contribution in [1.82, 2.24) is 6.15 Å². The summed E-state index contributed by atoms with van der Waals surface area (Å²) in [6.45, 7) is 0. The minimum atomic E-state index is 0. The van der Waals surface area contributed by atoms with E-state index < -0.39 is 0 Å². The summed E-state index contributed by atoms with van der Waals surface area (Å²) in [5, 5.41) is 0. The van der Waals surface area contributed by atoms with Crippen LogP contribution in [0.25, 0.3) is 0 Å². The normalized spacial score (nSPS) is 0. The monoisotopic (exact) mass is 138 g/mol. The maximum Gasteiger partial charge on any atom is 2.00 e. The van der Waals surface area contributed by atoms with Gasteiger partial charge in [-0.05, 0) is 0 Å². The van der Waals surface area contributed by atoms with Crippen LogP contribution < -0.4 is 20.3 Å². The zero-order valence-electron chi connectivity index (χ0n) is 2.44. The molecular weight excluding hydrogens is 135 g/mol. The summed E-state index contributed by atoms with van der Waals surface area (Å²) < 4.78 is 0. The van der Waals surface area contributed by atoms with Crippen LogP contribution in [0, 0.1) is 0 Å². The molecule has 0 fully saturated rings. The number of hydrogen-bond donors (Lipinski definition) is 1. The predicted molar refractivity (Wildman–Crippen MR) is 5.98 cm³/mol. The maximum atomic E-state index is 0. The van der Waals surface area contributed by atoms with Gasteiger partial charge < -0.3 is 20.3 Å². The fourth-order valence-electron chi connectivity index (χ4n) is 0. The molecule has 0 bridgehead atoms. The molecule has 0 aliphatic carbocycles. The molecule has 0 aromatic heterocycles. The molecule has 0 heterocycles. The molecular formula is H4CuF3N. The van der Waals surface area contributed by atoms with Gasteiger partial charge in [0, 0.05) is 0 Å². The van der Waals surface area contributed by atoms with Crippen LogP contribution in [-0.4, -0.2) is 0 Å². The van der Waals surface area contributed by atoms with Gasteiger partial charge in [-0.25, -0.2) is 0 Å². The largest absolute Gasteiger partial charge is 2.00 e. The van der Waals surface area contributed by atoms with Crippen molar-refractivity contribution in [2.24, 2.45) is 0 Å². The van der Waals surface area contributed by atoms with Gasteiger partial charge in [0.2, 0.25) is 0 Å². The van der Waals surface area contributed by atoms with Crippen LogP contribution in [0.3, 0.4) is 0 Å². The molecule has 0 saturated heterocycles. The second-order valence-corrected chi connectivity index (χ2v) is 0. The first kappa shape index (κ1) is 1320. The van der Waals surface area contributed by atoms with E-state index in [1.807, 2.05) is 0 Å². The summed E-state index contributed by atoms with van der Waals surface area (Å²) in [6, 6.07) is 0. The van der Waals surface area contributed by atoms with Gasteiger partial charge in [0.15, 0.2) is 0 Å². The summed E-state index contributed by atoms with van der Waals surface area (Å²) in [5.41, 5.74) is 0. The van der Waals surface area contributed by atoms with Crippen molar-refractivity contribution >= 4 is 0 Å². The van der Waals surface area contributed by atoms with Crippen LogP contribution in [0.4, 0.5) is 0 Å². The smallest absolute Gasteiger partial charge is 1.00 e. The van der Waals surface area contributed by atoms with Crippen molar-refractivity contribution < 1.29 is 31.2 Å². The van der Waals surface area contributed by atoms with Gasteiger partial charge in [0.1, 0.15) is 0 Å². The standard InChI is InChI=1S/Cu.3FH.H3N/h;3*1H;1H3/q+2;;;;/p-2. The molecule has 41 valence electrons. The zero-order chi connectivity index (χ0) is 0. The molecule has 0 atom stereocenters. The molecule has 4 N–H and O–H groups in total. The molecule has 0 amide bonds. The molecule has 0 aromatic rings. The first-order valence-electron chi connectivity index (χ1n) is 0. The first-order valence-corrected chi connectivity index (χ1v) is 0. The molecule has 0 spiro atoms. The van der Waals surface area contributed by atoms with Crippen LogP contribution in [-0.2, 0) is 17.1 Å². The summed E-state index contributed by atoms with van der Waals surface area (Å²) >= 11 is 0. The van der Waals surface area contributed by atoms with Crippen molar-refractivity contribution in [2.45, 2.75) is 0 Å². The molecule has 5 heteroatoms. The maximum absolute atomic E-state index is 0. The molecule has 0 unspecified atom stereocenters. The van der Waals surface area contributed by atoms with E-state index >= 15 is 0 Å². The van der Waals surface area contributed by atoms with Gasteiger partial charge in [-0.15, -0.1) is 0 Å². The van der Waals surface area contributed by atoms with Gasteiger partial charge in [-0.2, -0.15) is 0 Å². The van der Waals surface area contributed by atoms with Crippen LogP contribution >= 0.6 is 0 Å². The fraction of sp³-hybridized carbons (Fsp3) is 0. The Labute approximate surface area is 38.3 Å². The quantitative estimate of drug-likeness (QED) is 0.323. The van der Waals surface area contributed by atoms with Crippen molar-refractivity contribution in [3.63, 3.8) is 0 Å². The summed E-state index contributed by atoms with van der Waals surface area (Å²) in [5.74, 6) is 0. The molecule has 5 heavy (non-hydrogen) atoms. The Bertz CT molecular complexity index is 6.85. The van der Waals surface area contributed by atoms with Gasteiger partial charge in [0.05, 0.1) is 0 Å². The van der Waals surface area contributed by atoms with Gasteiger partial charge >= 0.3 is 17.1 Å². The summed E-state index contributed by atoms with van der Waals surface area (Å²) in [7, 11) is 0. The van der Waals surface area contributed by atoms with Crippen LogP contribution in [0.15, 0.2) is 0 Å². The molecule has 0 saturated carbocycles. The molecule has 0 rings (SSSR count). The topological polar surface area (TPSA) is 36.5 Å². The molecule has 1 nitrogen and oxygen atoms in total. The van der Waals surface area contributed by atoms with Crippen molar-refractivity contribution in [1.29, 1.82) is 0 Å². The Balaban J connectivity index is 0. The van der Waals surface area contributed by atoms with Crippen LogP contribution in [0.1, 0.15) is 0 Å². The third-order valence-corrected chi connectivity index (χ3v) is 0. The van der Waals surface area contributed by atoms with Crippen molar-refractivity contribution in [3.05, 3.63) is 0 Å². The van der Waals surface area contributed by atoms with E-state index in [4.69, 9.17) is 0 Å². The zero-order valence-corrected chi connectivity index (χ0v) is 3.38. The minimum Gasteiger partial charge on any atom is -1.00 e. The van der Waals surface area contributed by atoms with Crippen LogP contribution in [0.5, 0.6) is 0 Å². The Morgan fingerprint density at radius 3 is 0.600 bits per heavy atom. The first-order chi connectivity index (χ1) is 0. The summed E-state index contributed by atoms with van der Waals surface area (Å²) in [6.07, 6.45) is 0. The van der Waals surface area contributed by atoms with E-state index in [0.29, 0.717) is 0 Å². The fourth-order valence-corrected chi connectivity index (χ4v) is 0. The van der Waals surface area contributed by atoms with Gasteiger partial charge in [-0.3, -0.25) is 0 Å². The van der Waals surface area contributed by atoms with E-state index in [-0.39, 0.29) is 37.3 Å². The van der Waals surface area contributed by atoms with Crippen LogP contribution in [0.2, 0.25) is 0 Å². The number of quaternary nitrogens is 1. The second kappa shape index (κ2) is 628. The van der Waals surface area contributed by atoms with Crippen molar-refractivity contribution in [2.75, 3.05) is 0 Å². The number of hydrogen-bond acceptors (Lipinski definition) is 0. The van der Waals surface area contributed by atoms with Crippen molar-refractivity contribution in [3.8, 4) is 0 Å².